The lowest BCUT2D eigenvalue weighted by atomic mass is 9.80. The van der Waals surface area contributed by atoms with Crippen molar-refractivity contribution >= 4 is 5.69 Å². The molecule has 0 amide bonds. The van der Waals surface area contributed by atoms with Crippen molar-refractivity contribution in [3.05, 3.63) is 23.8 Å². The first kappa shape index (κ1) is 20.0. The summed E-state index contributed by atoms with van der Waals surface area (Å²) in [6, 6.07) is 8.21. The molecule has 0 spiro atoms. The summed E-state index contributed by atoms with van der Waals surface area (Å²) in [6.07, 6.45) is 12.5. The smallest absolute Gasteiger partial charge is 0.122 e. The van der Waals surface area contributed by atoms with Gasteiger partial charge in [-0.2, -0.15) is 0 Å². The fourth-order valence-corrected chi connectivity index (χ4v) is 5.87. The van der Waals surface area contributed by atoms with Crippen LogP contribution in [0.4, 0.5) is 5.69 Å². The van der Waals surface area contributed by atoms with E-state index >= 15 is 0 Å². The molecule has 0 atom stereocenters. The molecule has 28 heavy (non-hydrogen) atoms. The van der Waals surface area contributed by atoms with Gasteiger partial charge in [-0.3, -0.25) is 9.80 Å². The lowest BCUT2D eigenvalue weighted by molar-refractivity contribution is 0.0444. The van der Waals surface area contributed by atoms with Gasteiger partial charge in [0.15, 0.2) is 0 Å². The van der Waals surface area contributed by atoms with Crippen LogP contribution in [0.2, 0.25) is 0 Å². The number of ether oxygens (including phenoxy) is 1. The van der Waals surface area contributed by atoms with Gasteiger partial charge in [-0.25, -0.2) is 0 Å². The molecular weight excluding hydrogens is 346 g/mol. The van der Waals surface area contributed by atoms with Crippen molar-refractivity contribution in [2.24, 2.45) is 0 Å². The highest BCUT2D eigenvalue weighted by atomic mass is 16.5. The maximum absolute atomic E-state index is 5.67. The fourth-order valence-electron chi connectivity index (χ4n) is 5.87. The summed E-state index contributed by atoms with van der Waals surface area (Å²) in [5.74, 6) is 1.70. The molecule has 1 aromatic carbocycles. The molecule has 3 fully saturated rings. The number of rotatable bonds is 5. The molecule has 2 aliphatic carbocycles. The molecule has 1 heterocycles. The fraction of sp³-hybridized carbons (Fsp3) is 0.750. The molecule has 0 unspecified atom stereocenters. The molecule has 1 aromatic rings. The average Bonchev–Trinajstić information content (AvgIpc) is 2.79. The zero-order valence-corrected chi connectivity index (χ0v) is 18.0. The van der Waals surface area contributed by atoms with Crippen molar-refractivity contribution < 1.29 is 4.74 Å². The summed E-state index contributed by atoms with van der Waals surface area (Å²) < 4.78 is 5.67. The lowest BCUT2D eigenvalue weighted by Crippen LogP contribution is -2.53. The Morgan fingerprint density at radius 3 is 2.00 bits per heavy atom. The van der Waals surface area contributed by atoms with Gasteiger partial charge in [-0.1, -0.05) is 19.3 Å². The summed E-state index contributed by atoms with van der Waals surface area (Å²) >= 11 is 0. The highest BCUT2D eigenvalue weighted by molar-refractivity contribution is 5.52. The number of nitrogens with zero attached hydrogens (tertiary/aromatic N) is 2. The summed E-state index contributed by atoms with van der Waals surface area (Å²) in [5.41, 5.74) is 2.59. The Morgan fingerprint density at radius 1 is 0.821 bits per heavy atom. The maximum atomic E-state index is 5.67. The highest BCUT2D eigenvalue weighted by Crippen LogP contribution is 2.40. The predicted octanol–water partition coefficient (Wildman–Crippen LogP) is 4.71. The molecule has 0 aromatic heterocycles. The lowest BCUT2D eigenvalue weighted by Gasteiger charge is -2.45. The van der Waals surface area contributed by atoms with Gasteiger partial charge < -0.3 is 10.1 Å². The maximum Gasteiger partial charge on any atom is 0.122 e. The van der Waals surface area contributed by atoms with Crippen LogP contribution in [0, 0.1) is 0 Å². The predicted molar refractivity (Wildman–Crippen MR) is 118 cm³/mol. The van der Waals surface area contributed by atoms with E-state index in [-0.39, 0.29) is 0 Å². The van der Waals surface area contributed by atoms with E-state index in [1.807, 2.05) is 7.05 Å². The summed E-state index contributed by atoms with van der Waals surface area (Å²) in [7, 11) is 3.80. The second-order valence-corrected chi connectivity index (χ2v) is 9.08. The number of hydrogen-bond acceptors (Lipinski definition) is 4. The van der Waals surface area contributed by atoms with Crippen LogP contribution in [0.1, 0.15) is 69.3 Å². The van der Waals surface area contributed by atoms with Crippen LogP contribution in [-0.2, 0) is 0 Å². The zero-order valence-electron chi connectivity index (χ0n) is 18.0. The van der Waals surface area contributed by atoms with E-state index in [2.05, 4.69) is 33.3 Å². The largest absolute Gasteiger partial charge is 0.496 e. The molecule has 3 aliphatic rings. The van der Waals surface area contributed by atoms with Crippen molar-refractivity contribution in [2.45, 2.75) is 75.8 Å². The Kier molecular flexibility index (Phi) is 6.79. The van der Waals surface area contributed by atoms with Crippen LogP contribution in [-0.4, -0.2) is 62.2 Å². The summed E-state index contributed by atoms with van der Waals surface area (Å²) in [4.78, 5) is 5.60. The van der Waals surface area contributed by atoms with Crippen LogP contribution in [0.15, 0.2) is 18.2 Å². The van der Waals surface area contributed by atoms with Gasteiger partial charge in [-0.05, 0) is 68.2 Å². The van der Waals surface area contributed by atoms with Gasteiger partial charge in [0.05, 0.1) is 7.11 Å². The van der Waals surface area contributed by atoms with Gasteiger partial charge in [-0.15, -0.1) is 0 Å². The monoisotopic (exact) mass is 385 g/mol. The molecule has 4 rings (SSSR count). The normalized spacial score (nSPS) is 28.2. The third-order valence-electron chi connectivity index (χ3n) is 7.61. The van der Waals surface area contributed by atoms with E-state index in [1.54, 1.807) is 7.11 Å². The molecule has 1 N–H and O–H groups in total. The quantitative estimate of drug-likeness (QED) is 0.794. The van der Waals surface area contributed by atoms with Crippen molar-refractivity contribution in [2.75, 3.05) is 45.7 Å². The van der Waals surface area contributed by atoms with Gasteiger partial charge in [0.25, 0.3) is 0 Å². The summed E-state index contributed by atoms with van der Waals surface area (Å²) in [5, 5.41) is 3.28. The molecule has 1 aliphatic heterocycles. The number of methoxy groups -OCH3 is 1. The summed E-state index contributed by atoms with van der Waals surface area (Å²) in [6.45, 7) is 5.15. The number of anilines is 1. The Hall–Kier alpha value is -1.26. The third-order valence-corrected chi connectivity index (χ3v) is 7.61. The van der Waals surface area contributed by atoms with Crippen LogP contribution in [0.3, 0.4) is 0 Å². The van der Waals surface area contributed by atoms with Crippen molar-refractivity contribution in [1.29, 1.82) is 0 Å². The van der Waals surface area contributed by atoms with E-state index < -0.39 is 0 Å². The Labute approximate surface area is 171 Å². The molecule has 4 heteroatoms. The van der Waals surface area contributed by atoms with E-state index in [1.165, 1.54) is 95.2 Å². The minimum atomic E-state index is 0.642. The minimum absolute atomic E-state index is 0.642. The molecular formula is C24H39N3O. The molecule has 0 radical (unpaired) electrons. The van der Waals surface area contributed by atoms with E-state index in [9.17, 15) is 0 Å². The Morgan fingerprint density at radius 2 is 1.43 bits per heavy atom. The van der Waals surface area contributed by atoms with Crippen LogP contribution in [0.25, 0.3) is 0 Å². The zero-order chi connectivity index (χ0) is 19.3. The van der Waals surface area contributed by atoms with Gasteiger partial charge in [0.2, 0.25) is 0 Å². The topological polar surface area (TPSA) is 27.7 Å². The first-order chi connectivity index (χ1) is 13.8. The van der Waals surface area contributed by atoms with Crippen LogP contribution < -0.4 is 10.1 Å². The first-order valence-electron chi connectivity index (χ1n) is 11.6. The minimum Gasteiger partial charge on any atom is -0.496 e. The second-order valence-electron chi connectivity index (χ2n) is 9.08. The second kappa shape index (κ2) is 9.49. The van der Waals surface area contributed by atoms with Crippen molar-refractivity contribution in [3.63, 3.8) is 0 Å². The average molecular weight is 386 g/mol. The van der Waals surface area contributed by atoms with Crippen molar-refractivity contribution in [3.8, 4) is 5.75 Å². The number of piperazine rings is 1. The number of hydrogen-bond donors (Lipinski definition) is 1. The molecule has 2 saturated carbocycles. The van der Waals surface area contributed by atoms with Crippen LogP contribution >= 0.6 is 0 Å². The third kappa shape index (κ3) is 4.49. The molecule has 0 bridgehead atoms. The van der Waals surface area contributed by atoms with E-state index in [4.69, 9.17) is 4.74 Å². The van der Waals surface area contributed by atoms with Crippen molar-refractivity contribution in [1.82, 2.24) is 9.80 Å². The van der Waals surface area contributed by atoms with Gasteiger partial charge >= 0.3 is 0 Å². The van der Waals surface area contributed by atoms with Gasteiger partial charge in [0.1, 0.15) is 5.75 Å². The standard InChI is InChI=1S/C24H39N3O/c1-25-20-10-13-24(28-2)23(18-20)19-8-11-22(12-9-19)27-16-14-26(15-17-27)21-6-4-3-5-7-21/h10,13,18-19,21-22,25H,3-9,11-12,14-17H2,1-2H3. The van der Waals surface area contributed by atoms with E-state index in [0.29, 0.717) is 5.92 Å². The number of nitrogens with one attached hydrogen (secondary N) is 1. The molecule has 156 valence electrons. The SMILES string of the molecule is CNc1ccc(OC)c(C2CCC(N3CCN(C4CCCCC4)CC3)CC2)c1. The highest BCUT2D eigenvalue weighted by Gasteiger charge is 2.31. The molecule has 4 nitrogen and oxygen atoms in total. The first-order valence-corrected chi connectivity index (χ1v) is 11.6. The Balaban J connectivity index is 1.29. The Bertz CT molecular complexity index is 612. The van der Waals surface area contributed by atoms with Gasteiger partial charge in [0, 0.05) is 51.0 Å². The van der Waals surface area contributed by atoms with Crippen LogP contribution in [0.5, 0.6) is 5.75 Å². The molecule has 1 saturated heterocycles. The number of benzene rings is 1. The van der Waals surface area contributed by atoms with E-state index in [0.717, 1.165) is 17.8 Å².